The largest absolute Gasteiger partial charge is 1.00 e. The first-order valence-electron chi connectivity index (χ1n) is 10.1. The number of hydrogen-bond donors (Lipinski definition) is 2. The Labute approximate surface area is 209 Å². The number of aliphatic hydroxyl groups excluding tert-OH is 1. The van der Waals surface area contributed by atoms with Crippen LogP contribution in [0.25, 0.3) is 22.3 Å². The second-order valence-electron chi connectivity index (χ2n) is 7.86. The molecule has 0 fully saturated rings. The normalized spacial score (nSPS) is 12.3. The van der Waals surface area contributed by atoms with Crippen molar-refractivity contribution in [3.05, 3.63) is 71.6 Å². The summed E-state index contributed by atoms with van der Waals surface area (Å²) in [6, 6.07) is 12.1. The third-order valence-corrected chi connectivity index (χ3v) is 5.04. The molecule has 5 nitrogen and oxygen atoms in total. The summed E-state index contributed by atoms with van der Waals surface area (Å²) in [5.74, 6) is -0.877. The maximum absolute atomic E-state index is 13.3. The van der Waals surface area contributed by atoms with Crippen molar-refractivity contribution in [1.82, 2.24) is 0 Å². The van der Waals surface area contributed by atoms with Crippen molar-refractivity contribution in [2.24, 2.45) is 0 Å². The van der Waals surface area contributed by atoms with Gasteiger partial charge in [0, 0.05) is 17.4 Å². The summed E-state index contributed by atoms with van der Waals surface area (Å²) in [6.07, 6.45) is 1.58. The molecule has 0 aliphatic rings. The molecule has 1 unspecified atom stereocenters. The van der Waals surface area contributed by atoms with Crippen LogP contribution in [0, 0.1) is 5.82 Å². The number of aliphatic hydroxyl groups is 1. The molecular formula is C25H26FNaO5. The van der Waals surface area contributed by atoms with Gasteiger partial charge in [0.2, 0.25) is 0 Å². The molecule has 3 aromatic rings. The molecule has 7 heteroatoms. The van der Waals surface area contributed by atoms with E-state index in [4.69, 9.17) is 9.52 Å². The number of allylic oxidation sites excluding steroid dienone is 2. The van der Waals surface area contributed by atoms with Crippen LogP contribution >= 0.6 is 0 Å². The van der Waals surface area contributed by atoms with Crippen molar-refractivity contribution in [1.29, 1.82) is 0 Å². The van der Waals surface area contributed by atoms with Gasteiger partial charge in [0.05, 0.1) is 12.5 Å². The smallest absolute Gasteiger partial charge is 1.00 e. The molecule has 3 rings (SSSR count). The van der Waals surface area contributed by atoms with Gasteiger partial charge in [0.25, 0.3) is 0 Å². The minimum atomic E-state index is -1.20. The fourth-order valence-electron chi connectivity index (χ4n) is 3.51. The Balaban J connectivity index is 0.00000272. The number of ketones is 1. The van der Waals surface area contributed by atoms with Crippen LogP contribution in [-0.4, -0.2) is 28.1 Å². The molecular weight excluding hydrogens is 422 g/mol. The Morgan fingerprint density at radius 1 is 1.12 bits per heavy atom. The second-order valence-corrected chi connectivity index (χ2v) is 7.86. The molecule has 0 amide bonds. The minimum absolute atomic E-state index is 0. The molecule has 0 radical (unpaired) electrons. The molecule has 0 aliphatic heterocycles. The molecule has 1 aromatic heterocycles. The van der Waals surface area contributed by atoms with Crippen LogP contribution in [0.1, 0.15) is 45.2 Å². The molecule has 32 heavy (non-hydrogen) atoms. The van der Waals surface area contributed by atoms with Gasteiger partial charge in [-0.2, -0.15) is 0 Å². The van der Waals surface area contributed by atoms with Crippen molar-refractivity contribution in [3.63, 3.8) is 0 Å². The molecule has 2 aromatic carbocycles. The van der Waals surface area contributed by atoms with Crippen molar-refractivity contribution in [3.8, 4) is 11.3 Å². The van der Waals surface area contributed by atoms with Gasteiger partial charge in [-0.25, -0.2) is 4.39 Å². The van der Waals surface area contributed by atoms with E-state index in [0.29, 0.717) is 17.8 Å². The van der Waals surface area contributed by atoms with Crippen LogP contribution < -0.4 is 29.6 Å². The van der Waals surface area contributed by atoms with Crippen molar-refractivity contribution >= 4 is 22.7 Å². The number of benzene rings is 2. The minimum Gasteiger partial charge on any atom is -1.00 e. The van der Waals surface area contributed by atoms with Gasteiger partial charge in [0.1, 0.15) is 17.2 Å². The monoisotopic (exact) mass is 448 g/mol. The van der Waals surface area contributed by atoms with E-state index in [0.717, 1.165) is 22.1 Å². The average Bonchev–Trinajstić information content (AvgIpc) is 3.13. The van der Waals surface area contributed by atoms with Gasteiger partial charge >= 0.3 is 35.5 Å². The van der Waals surface area contributed by atoms with Crippen LogP contribution in [0.15, 0.2) is 59.0 Å². The second kappa shape index (κ2) is 11.6. The maximum Gasteiger partial charge on any atom is 1.00 e. The molecule has 0 bridgehead atoms. The molecule has 0 spiro atoms. The van der Waals surface area contributed by atoms with E-state index in [9.17, 15) is 19.1 Å². The predicted molar refractivity (Wildman–Crippen MR) is 118 cm³/mol. The number of fused-ring (bicyclic) bond motifs is 1. The zero-order valence-corrected chi connectivity index (χ0v) is 20.5. The number of carbonyl (C=O) groups is 2. The fourth-order valence-corrected chi connectivity index (χ4v) is 3.51. The van der Waals surface area contributed by atoms with Crippen LogP contribution in [0.2, 0.25) is 0 Å². The van der Waals surface area contributed by atoms with Crippen LogP contribution in [-0.2, 0) is 16.0 Å². The van der Waals surface area contributed by atoms with Crippen molar-refractivity contribution < 1.29 is 59.6 Å². The molecule has 0 aliphatic carbocycles. The third kappa shape index (κ3) is 6.62. The Morgan fingerprint density at radius 3 is 2.44 bits per heavy atom. The Kier molecular flexibility index (Phi) is 9.40. The molecule has 0 saturated carbocycles. The number of halogens is 1. The summed E-state index contributed by atoms with van der Waals surface area (Å²) in [7, 11) is 0. The van der Waals surface area contributed by atoms with E-state index >= 15 is 0 Å². The summed E-state index contributed by atoms with van der Waals surface area (Å²) >= 11 is 0. The molecule has 1 heterocycles. The molecule has 1 atom stereocenters. The quantitative estimate of drug-likeness (QED) is 0.388. The number of carboxylic acids is 1. The Bertz CT molecular complexity index is 1120. The van der Waals surface area contributed by atoms with E-state index < -0.39 is 18.5 Å². The van der Waals surface area contributed by atoms with E-state index in [1.54, 1.807) is 18.2 Å². The number of furan rings is 1. The predicted octanol–water partition coefficient (Wildman–Crippen LogP) is 2.37. The van der Waals surface area contributed by atoms with Gasteiger partial charge < -0.3 is 16.1 Å². The summed E-state index contributed by atoms with van der Waals surface area (Å²) in [5.41, 5.74) is 3.51. The average molecular weight is 448 g/mol. The number of rotatable bonds is 9. The number of carbonyl (C=O) groups excluding carboxylic acids is 1. The zero-order valence-electron chi connectivity index (χ0n) is 19.5. The SMILES string of the molecule is CC(C)c1ccc(CC=CC(=O)CC(O)CC(=O)O)c2oc(-c3ccc(F)cc3)cc12.[H-].[Na+]. The van der Waals surface area contributed by atoms with E-state index in [2.05, 4.69) is 13.8 Å². The summed E-state index contributed by atoms with van der Waals surface area (Å²) < 4.78 is 19.4. The Hall–Kier alpha value is -2.25. The van der Waals surface area contributed by atoms with Crippen molar-refractivity contribution in [2.45, 2.75) is 45.1 Å². The number of carboxylic acid groups (broad SMARTS) is 1. The summed E-state index contributed by atoms with van der Waals surface area (Å²) in [6.45, 7) is 4.19. The summed E-state index contributed by atoms with van der Waals surface area (Å²) in [4.78, 5) is 22.5. The van der Waals surface area contributed by atoms with Gasteiger partial charge in [-0.05, 0) is 59.9 Å². The van der Waals surface area contributed by atoms with Crippen LogP contribution in [0.4, 0.5) is 4.39 Å². The Morgan fingerprint density at radius 2 is 1.81 bits per heavy atom. The molecule has 2 N–H and O–H groups in total. The van der Waals surface area contributed by atoms with Gasteiger partial charge in [-0.1, -0.05) is 32.1 Å². The fraction of sp³-hybridized carbons (Fsp3) is 0.280. The first-order valence-corrected chi connectivity index (χ1v) is 10.1. The third-order valence-electron chi connectivity index (χ3n) is 5.04. The van der Waals surface area contributed by atoms with Gasteiger partial charge in [-0.3, -0.25) is 9.59 Å². The standard InChI is InChI=1S/C25H25FO5.Na.H/c1-15(2)21-11-8-17(4-3-5-19(27)12-20(28)13-24(29)30)25-22(21)14-23(31-25)16-6-9-18(26)10-7-16;;/h3,5-11,14-15,20,28H,4,12-13H2,1-2H3,(H,29,30);;/q;+1;-1. The maximum atomic E-state index is 13.3. The first kappa shape index (κ1) is 26.0. The summed E-state index contributed by atoms with van der Waals surface area (Å²) in [5, 5.41) is 19.2. The first-order chi connectivity index (χ1) is 14.7. The van der Waals surface area contributed by atoms with E-state index in [1.165, 1.54) is 18.2 Å². The van der Waals surface area contributed by atoms with E-state index in [1.807, 2.05) is 18.2 Å². The van der Waals surface area contributed by atoms with Crippen LogP contribution in [0.5, 0.6) is 0 Å². The van der Waals surface area contributed by atoms with Crippen molar-refractivity contribution in [2.75, 3.05) is 0 Å². The van der Waals surface area contributed by atoms with E-state index in [-0.39, 0.29) is 54.9 Å². The van der Waals surface area contributed by atoms with Crippen LogP contribution in [0.3, 0.4) is 0 Å². The molecule has 0 saturated heterocycles. The zero-order chi connectivity index (χ0) is 22.5. The number of hydrogen-bond acceptors (Lipinski definition) is 4. The topological polar surface area (TPSA) is 87.7 Å². The van der Waals surface area contributed by atoms with Gasteiger partial charge in [-0.15, -0.1) is 0 Å². The van der Waals surface area contributed by atoms with Gasteiger partial charge in [0.15, 0.2) is 5.78 Å². The molecule has 164 valence electrons. The number of aliphatic carboxylic acids is 1.